The Balaban J connectivity index is 1.73. The molecular formula is C14H22N4OS. The van der Waals surface area contributed by atoms with E-state index in [9.17, 15) is 0 Å². The van der Waals surface area contributed by atoms with Crippen LogP contribution in [0.15, 0.2) is 12.4 Å². The molecular weight excluding hydrogens is 272 g/mol. The first kappa shape index (κ1) is 13.9. The number of methoxy groups -OCH3 is 1. The topological polar surface area (TPSA) is 41.5 Å². The predicted molar refractivity (Wildman–Crippen MR) is 83.8 cm³/mol. The lowest BCUT2D eigenvalue weighted by molar-refractivity contribution is 0.0891. The summed E-state index contributed by atoms with van der Waals surface area (Å²) in [4.78, 5) is 13.6. The summed E-state index contributed by atoms with van der Waals surface area (Å²) < 4.78 is 5.49. The lowest BCUT2D eigenvalue weighted by Crippen LogP contribution is -2.40. The summed E-state index contributed by atoms with van der Waals surface area (Å²) in [6.07, 6.45) is 4.34. The Morgan fingerprint density at radius 2 is 1.90 bits per heavy atom. The monoisotopic (exact) mass is 294 g/mol. The standard InChI is InChI=1S/C14H22N4OS/c1-19-12-3-2-4-18(10-12)14-9-13(15-11-16-14)17-5-7-20-8-6-17/h9,11-12H,2-8,10H2,1H3. The van der Waals surface area contributed by atoms with Crippen molar-refractivity contribution < 1.29 is 4.74 Å². The van der Waals surface area contributed by atoms with Gasteiger partial charge in [-0.1, -0.05) is 0 Å². The maximum atomic E-state index is 5.49. The molecule has 0 aliphatic carbocycles. The average Bonchev–Trinajstić information content (AvgIpc) is 2.56. The molecule has 0 spiro atoms. The quantitative estimate of drug-likeness (QED) is 0.844. The molecule has 1 aromatic heterocycles. The Morgan fingerprint density at radius 3 is 2.65 bits per heavy atom. The first-order chi connectivity index (χ1) is 9.86. The molecule has 0 radical (unpaired) electrons. The van der Waals surface area contributed by atoms with Crippen LogP contribution in [0.5, 0.6) is 0 Å². The molecule has 0 aromatic carbocycles. The molecule has 0 amide bonds. The van der Waals surface area contributed by atoms with Crippen LogP contribution in [-0.4, -0.2) is 60.9 Å². The Kier molecular flexibility index (Phi) is 4.62. The number of rotatable bonds is 3. The lowest BCUT2D eigenvalue weighted by atomic mass is 10.1. The van der Waals surface area contributed by atoms with Gasteiger partial charge in [0.15, 0.2) is 0 Å². The number of hydrogen-bond acceptors (Lipinski definition) is 6. The van der Waals surface area contributed by atoms with E-state index in [0.29, 0.717) is 6.10 Å². The average molecular weight is 294 g/mol. The largest absolute Gasteiger partial charge is 0.380 e. The number of thioether (sulfide) groups is 1. The Morgan fingerprint density at radius 1 is 1.15 bits per heavy atom. The van der Waals surface area contributed by atoms with Gasteiger partial charge < -0.3 is 14.5 Å². The van der Waals surface area contributed by atoms with Crippen LogP contribution in [0.3, 0.4) is 0 Å². The number of hydrogen-bond donors (Lipinski definition) is 0. The number of nitrogens with zero attached hydrogens (tertiary/aromatic N) is 4. The molecule has 1 aromatic rings. The highest BCUT2D eigenvalue weighted by Gasteiger charge is 2.21. The molecule has 20 heavy (non-hydrogen) atoms. The molecule has 2 saturated heterocycles. The van der Waals surface area contributed by atoms with Crippen LogP contribution in [-0.2, 0) is 4.74 Å². The Hall–Kier alpha value is -1.01. The molecule has 1 atom stereocenters. The fourth-order valence-corrected chi connectivity index (χ4v) is 3.72. The number of aromatic nitrogens is 2. The molecule has 110 valence electrons. The fraction of sp³-hybridized carbons (Fsp3) is 0.714. The van der Waals surface area contributed by atoms with E-state index >= 15 is 0 Å². The molecule has 2 aliphatic rings. The molecule has 2 fully saturated rings. The van der Waals surface area contributed by atoms with Crippen molar-refractivity contribution in [1.29, 1.82) is 0 Å². The predicted octanol–water partition coefficient (Wildman–Crippen LogP) is 1.65. The number of piperidine rings is 1. The van der Waals surface area contributed by atoms with Crippen LogP contribution in [0.4, 0.5) is 11.6 Å². The first-order valence-electron chi connectivity index (χ1n) is 7.29. The lowest BCUT2D eigenvalue weighted by Gasteiger charge is -2.33. The fourth-order valence-electron chi connectivity index (χ4n) is 2.81. The van der Waals surface area contributed by atoms with E-state index in [1.807, 2.05) is 11.8 Å². The molecule has 3 heterocycles. The van der Waals surface area contributed by atoms with Crippen LogP contribution >= 0.6 is 11.8 Å². The SMILES string of the molecule is COC1CCCN(c2cc(N3CCSCC3)ncn2)C1. The van der Waals surface area contributed by atoms with Crippen LogP contribution in [0, 0.1) is 0 Å². The van der Waals surface area contributed by atoms with Crippen molar-refractivity contribution in [1.82, 2.24) is 9.97 Å². The zero-order chi connectivity index (χ0) is 13.8. The van der Waals surface area contributed by atoms with Crippen LogP contribution in [0.2, 0.25) is 0 Å². The molecule has 2 aliphatic heterocycles. The van der Waals surface area contributed by atoms with Crippen molar-refractivity contribution in [2.75, 3.05) is 54.6 Å². The van der Waals surface area contributed by atoms with E-state index in [2.05, 4.69) is 25.8 Å². The van der Waals surface area contributed by atoms with E-state index in [1.54, 1.807) is 13.4 Å². The molecule has 1 unspecified atom stereocenters. The molecule has 6 heteroatoms. The number of anilines is 2. The minimum absolute atomic E-state index is 0.327. The van der Waals surface area contributed by atoms with Crippen molar-refractivity contribution >= 4 is 23.4 Å². The van der Waals surface area contributed by atoms with Gasteiger partial charge in [-0.05, 0) is 12.8 Å². The van der Waals surface area contributed by atoms with Crippen LogP contribution in [0.1, 0.15) is 12.8 Å². The van der Waals surface area contributed by atoms with Gasteiger partial charge in [-0.2, -0.15) is 11.8 Å². The minimum Gasteiger partial charge on any atom is -0.380 e. The van der Waals surface area contributed by atoms with Gasteiger partial charge in [0.1, 0.15) is 18.0 Å². The summed E-state index contributed by atoms with van der Waals surface area (Å²) in [5.41, 5.74) is 0. The highest BCUT2D eigenvalue weighted by Crippen LogP contribution is 2.23. The van der Waals surface area contributed by atoms with E-state index in [-0.39, 0.29) is 0 Å². The summed E-state index contributed by atoms with van der Waals surface area (Å²) in [7, 11) is 1.80. The summed E-state index contributed by atoms with van der Waals surface area (Å²) in [5.74, 6) is 4.48. The molecule has 0 saturated carbocycles. The maximum Gasteiger partial charge on any atom is 0.134 e. The van der Waals surface area contributed by atoms with E-state index in [4.69, 9.17) is 4.74 Å². The molecule has 5 nitrogen and oxygen atoms in total. The van der Waals surface area contributed by atoms with Gasteiger partial charge in [0.05, 0.1) is 6.10 Å². The molecule has 0 N–H and O–H groups in total. The second-order valence-corrected chi connectivity index (χ2v) is 6.50. The summed E-state index contributed by atoms with van der Waals surface area (Å²) in [6, 6.07) is 2.13. The Labute approximate surface area is 124 Å². The zero-order valence-electron chi connectivity index (χ0n) is 12.0. The van der Waals surface area contributed by atoms with Crippen molar-refractivity contribution in [2.24, 2.45) is 0 Å². The minimum atomic E-state index is 0.327. The summed E-state index contributed by atoms with van der Waals surface area (Å²) in [5, 5.41) is 0. The van der Waals surface area contributed by atoms with Crippen molar-refractivity contribution in [2.45, 2.75) is 18.9 Å². The van der Waals surface area contributed by atoms with Crippen molar-refractivity contribution in [3.05, 3.63) is 12.4 Å². The van der Waals surface area contributed by atoms with E-state index in [0.717, 1.165) is 50.7 Å². The molecule has 0 bridgehead atoms. The van der Waals surface area contributed by atoms with Gasteiger partial charge >= 0.3 is 0 Å². The second kappa shape index (κ2) is 6.63. The van der Waals surface area contributed by atoms with Gasteiger partial charge in [-0.3, -0.25) is 0 Å². The normalized spacial score (nSPS) is 23.9. The van der Waals surface area contributed by atoms with Gasteiger partial charge in [0.25, 0.3) is 0 Å². The van der Waals surface area contributed by atoms with E-state index < -0.39 is 0 Å². The van der Waals surface area contributed by atoms with Gasteiger partial charge in [0.2, 0.25) is 0 Å². The number of ether oxygens (including phenoxy) is 1. The highest BCUT2D eigenvalue weighted by molar-refractivity contribution is 7.99. The summed E-state index contributed by atoms with van der Waals surface area (Å²) >= 11 is 2.02. The first-order valence-corrected chi connectivity index (χ1v) is 8.45. The van der Waals surface area contributed by atoms with Crippen molar-refractivity contribution in [3.63, 3.8) is 0 Å². The molecule has 3 rings (SSSR count). The Bertz CT molecular complexity index is 439. The second-order valence-electron chi connectivity index (χ2n) is 5.28. The smallest absolute Gasteiger partial charge is 0.134 e. The van der Waals surface area contributed by atoms with Gasteiger partial charge in [0, 0.05) is 50.9 Å². The zero-order valence-corrected chi connectivity index (χ0v) is 12.8. The van der Waals surface area contributed by atoms with Gasteiger partial charge in [-0.25, -0.2) is 9.97 Å². The van der Waals surface area contributed by atoms with Gasteiger partial charge in [-0.15, -0.1) is 0 Å². The summed E-state index contributed by atoms with van der Waals surface area (Å²) in [6.45, 7) is 4.17. The third-order valence-corrected chi connectivity index (χ3v) is 4.95. The van der Waals surface area contributed by atoms with Crippen LogP contribution in [0.25, 0.3) is 0 Å². The third-order valence-electron chi connectivity index (χ3n) is 4.01. The maximum absolute atomic E-state index is 5.49. The van der Waals surface area contributed by atoms with Crippen molar-refractivity contribution in [3.8, 4) is 0 Å². The van der Waals surface area contributed by atoms with E-state index in [1.165, 1.54) is 11.5 Å². The third kappa shape index (κ3) is 3.17. The van der Waals surface area contributed by atoms with Crippen LogP contribution < -0.4 is 9.80 Å². The highest BCUT2D eigenvalue weighted by atomic mass is 32.2.